The van der Waals surface area contributed by atoms with E-state index in [0.29, 0.717) is 29.2 Å². The maximum atomic E-state index is 13.7. The highest BCUT2D eigenvalue weighted by atomic mass is 32.2. The predicted octanol–water partition coefficient (Wildman–Crippen LogP) is 3.92. The highest BCUT2D eigenvalue weighted by Gasteiger charge is 2.30. The topological polar surface area (TPSA) is 97.9 Å². The van der Waals surface area contributed by atoms with Gasteiger partial charge >= 0.3 is 0 Å². The fourth-order valence-electron chi connectivity index (χ4n) is 4.49. The van der Waals surface area contributed by atoms with Crippen LogP contribution in [0, 0.1) is 0 Å². The molecule has 0 radical (unpaired) electrons. The van der Waals surface area contributed by atoms with E-state index in [0.717, 1.165) is 23.8 Å². The molecular formula is C26H30N2O6S. The molecule has 1 N–H and O–H groups in total. The van der Waals surface area contributed by atoms with Gasteiger partial charge in [0, 0.05) is 36.7 Å². The number of benzene rings is 2. The third-order valence-electron chi connectivity index (χ3n) is 6.55. The van der Waals surface area contributed by atoms with Gasteiger partial charge in [0.2, 0.25) is 16.8 Å². The highest BCUT2D eigenvalue weighted by molar-refractivity contribution is 7.89. The molecule has 8 nitrogen and oxygen atoms in total. The van der Waals surface area contributed by atoms with Gasteiger partial charge in [-0.2, -0.15) is 4.31 Å². The summed E-state index contributed by atoms with van der Waals surface area (Å²) >= 11 is 0. The Kier molecular flexibility index (Phi) is 6.11. The summed E-state index contributed by atoms with van der Waals surface area (Å²) in [5, 5.41) is 0.743. The van der Waals surface area contributed by atoms with Crippen LogP contribution in [-0.2, 0) is 26.7 Å². The van der Waals surface area contributed by atoms with Crippen molar-refractivity contribution in [3.63, 3.8) is 0 Å². The molecule has 186 valence electrons. The molecule has 0 spiro atoms. The van der Waals surface area contributed by atoms with Crippen LogP contribution in [-0.4, -0.2) is 43.8 Å². The van der Waals surface area contributed by atoms with Crippen molar-refractivity contribution in [1.82, 2.24) is 9.29 Å². The van der Waals surface area contributed by atoms with Crippen LogP contribution in [0.2, 0.25) is 0 Å². The van der Waals surface area contributed by atoms with E-state index in [1.54, 1.807) is 30.3 Å². The van der Waals surface area contributed by atoms with Gasteiger partial charge in [-0.25, -0.2) is 8.42 Å². The summed E-state index contributed by atoms with van der Waals surface area (Å²) in [6.07, 6.45) is 1.47. The average molecular weight is 499 g/mol. The van der Waals surface area contributed by atoms with Crippen LogP contribution in [0.1, 0.15) is 44.7 Å². The van der Waals surface area contributed by atoms with E-state index in [9.17, 15) is 13.2 Å². The molecule has 0 amide bonds. The van der Waals surface area contributed by atoms with Gasteiger partial charge in [-0.05, 0) is 48.1 Å². The van der Waals surface area contributed by atoms with Gasteiger partial charge in [-0.1, -0.05) is 32.9 Å². The van der Waals surface area contributed by atoms with Crippen molar-refractivity contribution < 1.29 is 22.6 Å². The SMILES string of the molecule is CC(C)(C)c1ccc(S(=O)(=O)N(Cc2cc3cc4c(cc3[nH]c2=O)OCO4)CC2CCCO2)cc1. The number of fused-ring (bicyclic) bond motifs is 2. The molecular weight excluding hydrogens is 468 g/mol. The third kappa shape index (κ3) is 4.80. The van der Waals surface area contributed by atoms with E-state index in [1.807, 2.05) is 12.1 Å². The van der Waals surface area contributed by atoms with E-state index in [1.165, 1.54) is 4.31 Å². The first kappa shape index (κ1) is 23.8. The monoisotopic (exact) mass is 498 g/mol. The van der Waals surface area contributed by atoms with Gasteiger partial charge in [0.25, 0.3) is 5.56 Å². The Hall–Kier alpha value is -2.88. The van der Waals surface area contributed by atoms with Gasteiger partial charge in [-0.15, -0.1) is 0 Å². The molecule has 2 aliphatic rings. The molecule has 2 aromatic carbocycles. The van der Waals surface area contributed by atoms with Crippen LogP contribution in [0.4, 0.5) is 0 Å². The molecule has 2 aliphatic heterocycles. The molecule has 9 heteroatoms. The van der Waals surface area contributed by atoms with Crippen molar-refractivity contribution in [3.8, 4) is 11.5 Å². The van der Waals surface area contributed by atoms with Crippen LogP contribution in [0.5, 0.6) is 11.5 Å². The first-order chi connectivity index (χ1) is 16.6. The number of aromatic amines is 1. The number of hydrogen-bond donors (Lipinski definition) is 1. The number of ether oxygens (including phenoxy) is 3. The van der Waals surface area contributed by atoms with Crippen molar-refractivity contribution in [3.05, 3.63) is 63.9 Å². The predicted molar refractivity (Wildman–Crippen MR) is 132 cm³/mol. The Morgan fingerprint density at radius 1 is 1.06 bits per heavy atom. The molecule has 1 saturated heterocycles. The fourth-order valence-corrected chi connectivity index (χ4v) is 5.94. The zero-order chi connectivity index (χ0) is 24.8. The van der Waals surface area contributed by atoms with Gasteiger partial charge in [0.05, 0.1) is 16.5 Å². The number of sulfonamides is 1. The summed E-state index contributed by atoms with van der Waals surface area (Å²) < 4.78 is 45.4. The number of aromatic nitrogens is 1. The summed E-state index contributed by atoms with van der Waals surface area (Å²) in [4.78, 5) is 16.0. The second-order valence-corrected chi connectivity index (χ2v) is 12.1. The van der Waals surface area contributed by atoms with Gasteiger partial charge in [-0.3, -0.25) is 4.79 Å². The zero-order valence-electron chi connectivity index (χ0n) is 20.2. The van der Waals surface area contributed by atoms with E-state index in [4.69, 9.17) is 14.2 Å². The number of H-pyrrole nitrogens is 1. The minimum atomic E-state index is -3.87. The normalized spacial score (nSPS) is 18.0. The molecule has 35 heavy (non-hydrogen) atoms. The standard InChI is InChI=1S/C26H30N2O6S/c1-26(2,3)19-6-8-21(9-7-19)35(30,31)28(15-20-5-4-10-32-20)14-18-11-17-12-23-24(34-16-33-23)13-22(17)27-25(18)29/h6-9,11-13,20H,4-5,10,14-16H2,1-3H3,(H,27,29). The molecule has 0 saturated carbocycles. The summed E-state index contributed by atoms with van der Waals surface area (Å²) in [7, 11) is -3.87. The van der Waals surface area contributed by atoms with Gasteiger partial charge in [0.1, 0.15) is 0 Å². The quantitative estimate of drug-likeness (QED) is 0.553. The molecule has 1 atom stereocenters. The van der Waals surface area contributed by atoms with Crippen molar-refractivity contribution in [2.24, 2.45) is 0 Å². The molecule has 5 rings (SSSR count). The van der Waals surface area contributed by atoms with Crippen LogP contribution in [0.25, 0.3) is 10.9 Å². The Balaban J connectivity index is 1.50. The van der Waals surface area contributed by atoms with Gasteiger partial charge in [0.15, 0.2) is 11.5 Å². The minimum absolute atomic E-state index is 0.0665. The molecule has 3 heterocycles. The van der Waals surface area contributed by atoms with Crippen molar-refractivity contribution in [2.45, 2.75) is 56.6 Å². The fraction of sp³-hybridized carbons (Fsp3) is 0.423. The summed E-state index contributed by atoms with van der Waals surface area (Å²) in [5.74, 6) is 1.17. The molecule has 1 aromatic heterocycles. The average Bonchev–Trinajstić information content (AvgIpc) is 3.49. The Morgan fingerprint density at radius 2 is 1.77 bits per heavy atom. The Labute approximate surface area is 204 Å². The number of hydrogen-bond acceptors (Lipinski definition) is 6. The number of nitrogens with zero attached hydrogens (tertiary/aromatic N) is 1. The maximum absolute atomic E-state index is 13.7. The first-order valence-corrected chi connectivity index (χ1v) is 13.2. The zero-order valence-corrected chi connectivity index (χ0v) is 21.0. The Bertz CT molecular complexity index is 1400. The smallest absolute Gasteiger partial charge is 0.252 e. The van der Waals surface area contributed by atoms with Gasteiger partial charge < -0.3 is 19.2 Å². The molecule has 1 fully saturated rings. The molecule has 1 unspecified atom stereocenters. The summed E-state index contributed by atoms with van der Waals surface area (Å²) in [6.45, 7) is 7.11. The lowest BCUT2D eigenvalue weighted by Gasteiger charge is -2.25. The number of nitrogens with one attached hydrogen (secondary N) is 1. The second-order valence-electron chi connectivity index (χ2n) is 10.1. The largest absolute Gasteiger partial charge is 0.454 e. The van der Waals surface area contributed by atoms with E-state index in [-0.39, 0.29) is 41.9 Å². The maximum Gasteiger partial charge on any atom is 0.252 e. The number of rotatable bonds is 6. The van der Waals surface area contributed by atoms with E-state index >= 15 is 0 Å². The highest BCUT2D eigenvalue weighted by Crippen LogP contribution is 2.35. The first-order valence-electron chi connectivity index (χ1n) is 11.8. The minimum Gasteiger partial charge on any atom is -0.454 e. The van der Waals surface area contributed by atoms with E-state index in [2.05, 4.69) is 25.8 Å². The lowest BCUT2D eigenvalue weighted by Crippen LogP contribution is -2.38. The van der Waals surface area contributed by atoms with Crippen LogP contribution in [0.15, 0.2) is 52.2 Å². The van der Waals surface area contributed by atoms with Crippen LogP contribution in [0.3, 0.4) is 0 Å². The lowest BCUT2D eigenvalue weighted by molar-refractivity contribution is 0.0925. The molecule has 3 aromatic rings. The second kappa shape index (κ2) is 8.96. The molecule has 0 bridgehead atoms. The van der Waals surface area contributed by atoms with Crippen molar-refractivity contribution >= 4 is 20.9 Å². The number of pyridine rings is 1. The third-order valence-corrected chi connectivity index (χ3v) is 8.38. The summed E-state index contributed by atoms with van der Waals surface area (Å²) in [6, 6.07) is 12.2. The lowest BCUT2D eigenvalue weighted by atomic mass is 9.87. The van der Waals surface area contributed by atoms with Crippen LogP contribution >= 0.6 is 0 Å². The molecule has 0 aliphatic carbocycles. The Morgan fingerprint density at radius 3 is 2.43 bits per heavy atom. The van der Waals surface area contributed by atoms with E-state index < -0.39 is 10.0 Å². The van der Waals surface area contributed by atoms with Crippen molar-refractivity contribution in [2.75, 3.05) is 19.9 Å². The van der Waals surface area contributed by atoms with Crippen LogP contribution < -0.4 is 15.0 Å². The summed E-state index contributed by atoms with van der Waals surface area (Å²) in [5.41, 5.74) is 1.57. The van der Waals surface area contributed by atoms with Crippen molar-refractivity contribution in [1.29, 1.82) is 0 Å².